The zero-order valence-corrected chi connectivity index (χ0v) is 22.4. The highest BCUT2D eigenvalue weighted by atomic mass is 16.7. The molecule has 12 heteroatoms. The van der Waals surface area contributed by atoms with Crippen molar-refractivity contribution in [2.45, 2.75) is 58.0 Å². The minimum atomic E-state index is -1.42. The van der Waals surface area contributed by atoms with Crippen LogP contribution in [0.1, 0.15) is 47.1 Å². The molecule has 2 aliphatic heterocycles. The Bertz CT molecular complexity index is 1260. The molecular formula is C28H29NO11. The summed E-state index contributed by atoms with van der Waals surface area (Å²) in [5, 5.41) is 0. The van der Waals surface area contributed by atoms with Crippen LogP contribution in [-0.2, 0) is 44.7 Å². The van der Waals surface area contributed by atoms with Crippen molar-refractivity contribution in [3.8, 4) is 5.75 Å². The van der Waals surface area contributed by atoms with Crippen LogP contribution < -0.4 is 4.74 Å². The first-order chi connectivity index (χ1) is 19.1. The molecule has 0 spiro atoms. The molecule has 2 heterocycles. The van der Waals surface area contributed by atoms with Gasteiger partial charge in [-0.2, -0.15) is 0 Å². The Morgan fingerprint density at radius 2 is 1.40 bits per heavy atom. The van der Waals surface area contributed by atoms with Crippen molar-refractivity contribution < 1.29 is 52.4 Å². The molecule has 4 rings (SSSR count). The molecule has 40 heavy (non-hydrogen) atoms. The van der Waals surface area contributed by atoms with Gasteiger partial charge in [-0.25, -0.2) is 0 Å². The van der Waals surface area contributed by atoms with Gasteiger partial charge in [0.25, 0.3) is 11.8 Å². The lowest BCUT2D eigenvalue weighted by molar-refractivity contribution is -0.288. The molecule has 0 saturated carbocycles. The Morgan fingerprint density at radius 3 is 1.93 bits per heavy atom. The molecule has 5 atom stereocenters. The minimum Gasteiger partial charge on any atom is -0.497 e. The number of rotatable bonds is 9. The van der Waals surface area contributed by atoms with Gasteiger partial charge in [0.1, 0.15) is 24.5 Å². The first kappa shape index (κ1) is 28.7. The SMILES string of the molecule is COc1ccc(CO[C@@H]2OC(COC(C)=O)[C@@H](OC(C)=O)C(OC(C)=O)C2N2C(=O)c3ccccc3C2=O)cc1. The van der Waals surface area contributed by atoms with E-state index in [-0.39, 0.29) is 24.3 Å². The van der Waals surface area contributed by atoms with Crippen molar-refractivity contribution in [3.63, 3.8) is 0 Å². The van der Waals surface area contributed by atoms with E-state index < -0.39 is 60.4 Å². The number of amides is 2. The average molecular weight is 556 g/mol. The highest BCUT2D eigenvalue weighted by Crippen LogP contribution is 2.36. The Balaban J connectivity index is 1.76. The molecule has 0 radical (unpaired) electrons. The average Bonchev–Trinajstić information content (AvgIpc) is 3.17. The Kier molecular flexibility index (Phi) is 8.80. The van der Waals surface area contributed by atoms with Crippen molar-refractivity contribution in [1.82, 2.24) is 4.90 Å². The summed E-state index contributed by atoms with van der Waals surface area (Å²) in [6.45, 7) is 3.03. The lowest BCUT2D eigenvalue weighted by Gasteiger charge is -2.47. The van der Waals surface area contributed by atoms with E-state index in [1.165, 1.54) is 26.2 Å². The summed E-state index contributed by atoms with van der Waals surface area (Å²) < 4.78 is 33.6. The fourth-order valence-electron chi connectivity index (χ4n) is 4.67. The van der Waals surface area contributed by atoms with Crippen LogP contribution in [0.5, 0.6) is 5.75 Å². The van der Waals surface area contributed by atoms with Crippen molar-refractivity contribution in [2.24, 2.45) is 0 Å². The third-order valence-electron chi connectivity index (χ3n) is 6.37. The molecule has 0 N–H and O–H groups in total. The highest BCUT2D eigenvalue weighted by Gasteiger charge is 2.57. The molecule has 0 bridgehead atoms. The van der Waals surface area contributed by atoms with Gasteiger partial charge in [-0.1, -0.05) is 24.3 Å². The number of imide groups is 1. The van der Waals surface area contributed by atoms with E-state index in [9.17, 15) is 24.0 Å². The lowest BCUT2D eigenvalue weighted by atomic mass is 9.94. The fourth-order valence-corrected chi connectivity index (χ4v) is 4.67. The molecule has 2 aromatic rings. The Hall–Kier alpha value is -4.29. The van der Waals surface area contributed by atoms with E-state index in [2.05, 4.69) is 0 Å². The molecule has 212 valence electrons. The molecule has 0 aliphatic carbocycles. The second kappa shape index (κ2) is 12.3. The van der Waals surface area contributed by atoms with Crippen LogP contribution in [0, 0.1) is 0 Å². The van der Waals surface area contributed by atoms with Crippen LogP contribution >= 0.6 is 0 Å². The topological polar surface area (TPSA) is 144 Å². The number of methoxy groups -OCH3 is 1. The fraction of sp³-hybridized carbons (Fsp3) is 0.393. The van der Waals surface area contributed by atoms with Gasteiger partial charge in [-0.3, -0.25) is 28.9 Å². The molecule has 2 amide bonds. The van der Waals surface area contributed by atoms with Crippen molar-refractivity contribution in [3.05, 3.63) is 65.2 Å². The van der Waals surface area contributed by atoms with Gasteiger partial charge in [0, 0.05) is 20.8 Å². The van der Waals surface area contributed by atoms with Crippen LogP contribution in [0.4, 0.5) is 0 Å². The summed E-state index contributed by atoms with van der Waals surface area (Å²) in [6.07, 6.45) is -5.31. The Labute approximate surface area is 230 Å². The third-order valence-corrected chi connectivity index (χ3v) is 6.37. The number of hydrogen-bond acceptors (Lipinski definition) is 11. The lowest BCUT2D eigenvalue weighted by Crippen LogP contribution is -2.67. The number of carbonyl (C=O) groups excluding carboxylic acids is 5. The van der Waals surface area contributed by atoms with Gasteiger partial charge in [-0.15, -0.1) is 0 Å². The summed E-state index contributed by atoms with van der Waals surface area (Å²) in [6, 6.07) is 11.8. The number of esters is 3. The monoisotopic (exact) mass is 555 g/mol. The Morgan fingerprint density at radius 1 is 0.825 bits per heavy atom. The predicted molar refractivity (Wildman–Crippen MR) is 135 cm³/mol. The number of fused-ring (bicyclic) bond motifs is 1. The molecule has 3 unspecified atom stereocenters. The molecule has 1 saturated heterocycles. The maximum absolute atomic E-state index is 13.5. The quantitative estimate of drug-likeness (QED) is 0.255. The largest absolute Gasteiger partial charge is 0.497 e. The first-order valence-electron chi connectivity index (χ1n) is 12.5. The molecule has 2 aliphatic rings. The van der Waals surface area contributed by atoms with Gasteiger partial charge >= 0.3 is 17.9 Å². The van der Waals surface area contributed by atoms with Crippen LogP contribution in [0.25, 0.3) is 0 Å². The van der Waals surface area contributed by atoms with Crippen molar-refractivity contribution in [2.75, 3.05) is 13.7 Å². The standard InChI is InChI=1S/C28H29NO11/c1-15(30)36-14-22-24(38-16(2)31)25(39-17(3)32)23(29-26(33)20-7-5-6-8-21(20)27(29)34)28(40-22)37-13-18-9-11-19(35-4)12-10-18/h5-12,22-25,28H,13-14H2,1-4H3/t22?,23?,24-,25?,28-/m1/s1. The summed E-state index contributed by atoms with van der Waals surface area (Å²) in [7, 11) is 1.53. The predicted octanol–water partition coefficient (Wildman–Crippen LogP) is 2.03. The second-order valence-corrected chi connectivity index (χ2v) is 9.17. The van der Waals surface area contributed by atoms with Gasteiger partial charge in [0.05, 0.1) is 24.8 Å². The van der Waals surface area contributed by atoms with Gasteiger partial charge in [0.15, 0.2) is 18.5 Å². The smallest absolute Gasteiger partial charge is 0.303 e. The van der Waals surface area contributed by atoms with E-state index in [1.54, 1.807) is 36.4 Å². The van der Waals surface area contributed by atoms with Gasteiger partial charge in [0.2, 0.25) is 0 Å². The molecule has 2 aromatic carbocycles. The van der Waals surface area contributed by atoms with Gasteiger partial charge < -0.3 is 28.4 Å². The summed E-state index contributed by atoms with van der Waals surface area (Å²) in [5.74, 6) is -2.86. The number of benzene rings is 2. The van der Waals surface area contributed by atoms with E-state index in [0.29, 0.717) is 11.3 Å². The van der Waals surface area contributed by atoms with Crippen molar-refractivity contribution >= 4 is 29.7 Å². The summed E-state index contributed by atoms with van der Waals surface area (Å²) in [5.41, 5.74) is 0.997. The third kappa shape index (κ3) is 6.13. The number of ether oxygens (including phenoxy) is 6. The van der Waals surface area contributed by atoms with Crippen LogP contribution in [0.2, 0.25) is 0 Å². The number of nitrogens with zero attached hydrogens (tertiary/aromatic N) is 1. The molecule has 1 fully saturated rings. The van der Waals surface area contributed by atoms with E-state index in [1.807, 2.05) is 0 Å². The minimum absolute atomic E-state index is 0.0420. The van der Waals surface area contributed by atoms with E-state index in [4.69, 9.17) is 28.4 Å². The van der Waals surface area contributed by atoms with Crippen LogP contribution in [0.15, 0.2) is 48.5 Å². The van der Waals surface area contributed by atoms with Gasteiger partial charge in [-0.05, 0) is 29.8 Å². The van der Waals surface area contributed by atoms with Crippen LogP contribution in [0.3, 0.4) is 0 Å². The van der Waals surface area contributed by atoms with Crippen molar-refractivity contribution in [1.29, 1.82) is 0 Å². The first-order valence-corrected chi connectivity index (χ1v) is 12.5. The normalized spacial score (nSPS) is 23.8. The number of hydrogen-bond donors (Lipinski definition) is 0. The molecular weight excluding hydrogens is 526 g/mol. The summed E-state index contributed by atoms with van der Waals surface area (Å²) >= 11 is 0. The molecule has 0 aromatic heterocycles. The summed E-state index contributed by atoms with van der Waals surface area (Å²) in [4.78, 5) is 63.9. The van der Waals surface area contributed by atoms with Crippen LogP contribution in [-0.4, -0.2) is 79.0 Å². The molecule has 12 nitrogen and oxygen atoms in total. The highest BCUT2D eigenvalue weighted by molar-refractivity contribution is 6.21. The number of carbonyl (C=O) groups is 5. The maximum Gasteiger partial charge on any atom is 0.303 e. The zero-order valence-electron chi connectivity index (χ0n) is 22.4. The van der Waals surface area contributed by atoms with E-state index in [0.717, 1.165) is 18.7 Å². The zero-order chi connectivity index (χ0) is 29.0. The maximum atomic E-state index is 13.5. The van der Waals surface area contributed by atoms with E-state index >= 15 is 0 Å². The second-order valence-electron chi connectivity index (χ2n) is 9.17.